The number of carbonyl (C=O) groups excluding carboxylic acids is 2. The Morgan fingerprint density at radius 3 is 2.51 bits per heavy atom. The van der Waals surface area contributed by atoms with Crippen molar-refractivity contribution in [1.29, 1.82) is 0 Å². The number of hydrogen-bond donors (Lipinski definition) is 5. The van der Waals surface area contributed by atoms with Crippen LogP contribution >= 0.6 is 11.3 Å². The molecule has 0 bridgehead atoms. The quantitative estimate of drug-likeness (QED) is 0.180. The van der Waals surface area contributed by atoms with E-state index in [0.717, 1.165) is 33.7 Å². The van der Waals surface area contributed by atoms with E-state index in [1.54, 1.807) is 35.6 Å². The molecule has 222 valence electrons. The van der Waals surface area contributed by atoms with Crippen LogP contribution in [0.1, 0.15) is 55.8 Å². The number of rotatable bonds is 10. The minimum atomic E-state index is -1.33. The Kier molecular flexibility index (Phi) is 9.15. The molecule has 0 atom stereocenters. The number of carbonyl (C=O) groups is 3. The average molecular weight is 600 g/mol. The number of aliphatic hydroxyl groups excluding tert-OH is 1. The van der Waals surface area contributed by atoms with Gasteiger partial charge >= 0.3 is 5.97 Å². The third-order valence-electron chi connectivity index (χ3n) is 7.34. The highest BCUT2D eigenvalue weighted by molar-refractivity contribution is 7.13. The number of nitrogens with two attached hydrogens (primary N) is 1. The molecule has 0 fully saturated rings. The Morgan fingerprint density at radius 1 is 1.02 bits per heavy atom. The number of hydrogen-bond acceptors (Lipinski definition) is 8. The predicted molar refractivity (Wildman–Crippen MR) is 168 cm³/mol. The Labute approximate surface area is 253 Å². The maximum absolute atomic E-state index is 13.9. The van der Waals surface area contributed by atoms with E-state index in [9.17, 15) is 24.6 Å². The lowest BCUT2D eigenvalue weighted by molar-refractivity contribution is 0.0691. The van der Waals surface area contributed by atoms with Crippen molar-refractivity contribution < 1.29 is 24.6 Å². The number of thiophene rings is 1. The van der Waals surface area contributed by atoms with Crippen LogP contribution < -0.4 is 21.3 Å². The largest absolute Gasteiger partial charge is 0.476 e. The van der Waals surface area contributed by atoms with Gasteiger partial charge in [-0.25, -0.2) is 9.78 Å². The summed E-state index contributed by atoms with van der Waals surface area (Å²) in [7, 11) is 0. The molecule has 0 saturated carbocycles. The summed E-state index contributed by atoms with van der Waals surface area (Å²) in [4.78, 5) is 46.3. The molecule has 2 aromatic heterocycles. The van der Waals surface area contributed by atoms with Gasteiger partial charge in [0, 0.05) is 59.1 Å². The Balaban J connectivity index is 1.70. The highest BCUT2D eigenvalue weighted by Gasteiger charge is 2.28. The fraction of sp³-hybridized carbons (Fsp3) is 0.250. The second-order valence-corrected chi connectivity index (χ2v) is 11.1. The first-order valence-electron chi connectivity index (χ1n) is 14.1. The van der Waals surface area contributed by atoms with Crippen molar-refractivity contribution in [2.75, 3.05) is 36.5 Å². The molecule has 6 N–H and O–H groups in total. The van der Waals surface area contributed by atoms with Gasteiger partial charge in [-0.1, -0.05) is 19.1 Å². The van der Waals surface area contributed by atoms with Crippen LogP contribution in [0.3, 0.4) is 0 Å². The second-order valence-electron chi connectivity index (χ2n) is 10.2. The molecule has 0 unspecified atom stereocenters. The summed E-state index contributed by atoms with van der Waals surface area (Å²) in [5.74, 6) is -2.24. The van der Waals surface area contributed by atoms with Gasteiger partial charge in [-0.05, 0) is 77.4 Å². The predicted octanol–water partition coefficient (Wildman–Crippen LogP) is 4.38. The van der Waals surface area contributed by atoms with Crippen LogP contribution in [0.5, 0.6) is 0 Å². The molecule has 2 amide bonds. The molecule has 11 heteroatoms. The van der Waals surface area contributed by atoms with Crippen LogP contribution in [-0.4, -0.2) is 59.2 Å². The summed E-state index contributed by atoms with van der Waals surface area (Å²) in [6.07, 6.45) is 1.47. The van der Waals surface area contributed by atoms with Gasteiger partial charge in [-0.15, -0.1) is 11.3 Å². The van der Waals surface area contributed by atoms with Gasteiger partial charge in [-0.3, -0.25) is 9.59 Å². The number of nitrogens with one attached hydrogen (secondary N) is 2. The van der Waals surface area contributed by atoms with Crippen LogP contribution in [-0.2, 0) is 13.0 Å². The molecule has 0 saturated heterocycles. The molecule has 2 aromatic carbocycles. The van der Waals surface area contributed by atoms with Crippen LogP contribution in [0.25, 0.3) is 21.6 Å². The first-order chi connectivity index (χ1) is 20.8. The van der Waals surface area contributed by atoms with Crippen LogP contribution in [0.2, 0.25) is 0 Å². The van der Waals surface area contributed by atoms with Crippen molar-refractivity contribution in [3.8, 4) is 21.6 Å². The van der Waals surface area contributed by atoms with Crippen molar-refractivity contribution in [3.05, 3.63) is 88.1 Å². The number of nitrogens with zero attached hydrogens (tertiary/aromatic N) is 2. The summed E-state index contributed by atoms with van der Waals surface area (Å²) >= 11 is 1.57. The molecule has 0 spiro atoms. The SMILES string of the molecule is CCCNC(=O)c1ccc(-c2cc3c(cc2C(=O)Nc2ccc(CN)cc2)-c2sccc2CCN3CCO)c(C(=O)O)n1. The van der Waals surface area contributed by atoms with E-state index in [1.165, 1.54) is 12.1 Å². The highest BCUT2D eigenvalue weighted by atomic mass is 32.1. The van der Waals surface area contributed by atoms with Gasteiger partial charge in [0.05, 0.1) is 6.61 Å². The molecule has 10 nitrogen and oxygen atoms in total. The maximum atomic E-state index is 13.9. The van der Waals surface area contributed by atoms with E-state index in [0.29, 0.717) is 43.9 Å². The van der Waals surface area contributed by atoms with Crippen molar-refractivity contribution in [2.24, 2.45) is 5.73 Å². The van der Waals surface area contributed by atoms with Gasteiger partial charge in [0.2, 0.25) is 0 Å². The monoisotopic (exact) mass is 599 g/mol. The average Bonchev–Trinajstić information content (AvgIpc) is 3.44. The van der Waals surface area contributed by atoms with Crippen molar-refractivity contribution in [3.63, 3.8) is 0 Å². The van der Waals surface area contributed by atoms with Gasteiger partial charge in [0.1, 0.15) is 5.69 Å². The van der Waals surface area contributed by atoms with Crippen LogP contribution in [0.15, 0.2) is 60.0 Å². The van der Waals surface area contributed by atoms with Crippen molar-refractivity contribution in [1.82, 2.24) is 10.3 Å². The fourth-order valence-corrected chi connectivity index (χ4v) is 6.14. The lowest BCUT2D eigenvalue weighted by Crippen LogP contribution is -2.28. The number of β-amino-alcohol motifs (C(OH)–C–C–N with tert-alkyl or cyclic N) is 1. The summed E-state index contributed by atoms with van der Waals surface area (Å²) in [5, 5.41) is 27.7. The highest BCUT2D eigenvalue weighted by Crippen LogP contribution is 2.44. The van der Waals surface area contributed by atoms with Gasteiger partial charge in [0.25, 0.3) is 11.8 Å². The lowest BCUT2D eigenvalue weighted by Gasteiger charge is -2.26. The molecular formula is C32H33N5O5S. The normalized spacial score (nSPS) is 12.2. The smallest absolute Gasteiger partial charge is 0.355 e. The molecular weight excluding hydrogens is 566 g/mol. The third-order valence-corrected chi connectivity index (χ3v) is 8.33. The standard InChI is InChI=1S/C32H33N5O5S/c1-2-11-34-31(40)26-8-7-22(28(36-26)32(41)42)23-17-27-25(29-20(10-15-43-29)9-12-37(27)13-14-38)16-24(23)30(39)35-21-5-3-19(18-33)4-6-21/h3-8,10,15-17,38H,2,9,11-14,18,33H2,1H3,(H,34,40)(H,35,39)(H,41,42). The Hall–Kier alpha value is -4.58. The molecule has 5 rings (SSSR count). The number of carboxylic acid groups (broad SMARTS) is 1. The van der Waals surface area contributed by atoms with Gasteiger partial charge < -0.3 is 31.5 Å². The van der Waals surface area contributed by atoms with Crippen molar-refractivity contribution >= 4 is 40.5 Å². The molecule has 1 aliphatic rings. The molecule has 43 heavy (non-hydrogen) atoms. The molecule has 0 aliphatic carbocycles. The summed E-state index contributed by atoms with van der Waals surface area (Å²) in [6.45, 7) is 3.63. The fourth-order valence-electron chi connectivity index (χ4n) is 5.16. The number of fused-ring (bicyclic) bond motifs is 3. The van der Waals surface area contributed by atoms with E-state index in [4.69, 9.17) is 5.73 Å². The number of aromatic nitrogens is 1. The number of amides is 2. The van der Waals surface area contributed by atoms with E-state index >= 15 is 0 Å². The minimum Gasteiger partial charge on any atom is -0.476 e. The number of anilines is 2. The molecule has 0 radical (unpaired) electrons. The zero-order valence-electron chi connectivity index (χ0n) is 23.7. The minimum absolute atomic E-state index is 0.0273. The first kappa shape index (κ1) is 29.9. The van der Waals surface area contributed by atoms with E-state index in [2.05, 4.69) is 21.7 Å². The van der Waals surface area contributed by atoms with Gasteiger partial charge in [-0.2, -0.15) is 0 Å². The molecule has 3 heterocycles. The van der Waals surface area contributed by atoms with Crippen molar-refractivity contribution in [2.45, 2.75) is 26.3 Å². The molecule has 1 aliphatic heterocycles. The van der Waals surface area contributed by atoms with Crippen LogP contribution in [0.4, 0.5) is 11.4 Å². The number of pyridine rings is 1. The van der Waals surface area contributed by atoms with Crippen LogP contribution in [0, 0.1) is 0 Å². The summed E-state index contributed by atoms with van der Waals surface area (Å²) in [5.41, 5.74) is 10.4. The summed E-state index contributed by atoms with van der Waals surface area (Å²) in [6, 6.07) is 15.8. The number of benzene rings is 2. The van der Waals surface area contributed by atoms with Gasteiger partial charge in [0.15, 0.2) is 5.69 Å². The van der Waals surface area contributed by atoms with E-state index < -0.39 is 17.8 Å². The Bertz CT molecular complexity index is 1670. The Morgan fingerprint density at radius 2 is 1.81 bits per heavy atom. The summed E-state index contributed by atoms with van der Waals surface area (Å²) < 4.78 is 0. The van der Waals surface area contributed by atoms with E-state index in [-0.39, 0.29) is 29.1 Å². The number of aromatic carboxylic acids is 1. The maximum Gasteiger partial charge on any atom is 0.355 e. The zero-order chi connectivity index (χ0) is 30.5. The second kappa shape index (κ2) is 13.2. The van der Waals surface area contributed by atoms with E-state index in [1.807, 2.05) is 29.3 Å². The number of carboxylic acids is 1. The topological polar surface area (TPSA) is 158 Å². The first-order valence-corrected chi connectivity index (χ1v) is 15.0. The molecule has 4 aromatic rings. The third kappa shape index (κ3) is 6.29. The number of aliphatic hydroxyl groups is 1. The zero-order valence-corrected chi connectivity index (χ0v) is 24.5. The lowest BCUT2D eigenvalue weighted by atomic mass is 9.92.